The molecule has 1 aromatic rings. The molecule has 1 fully saturated rings. The fourth-order valence-electron chi connectivity index (χ4n) is 2.02. The summed E-state index contributed by atoms with van der Waals surface area (Å²) >= 11 is 0. The number of hydrogen-bond acceptors (Lipinski definition) is 3. The van der Waals surface area contributed by atoms with Crippen LogP contribution in [0.3, 0.4) is 0 Å². The van der Waals surface area contributed by atoms with Gasteiger partial charge in [-0.3, -0.25) is 0 Å². The number of nitrogens with two attached hydrogens (primary N) is 1. The standard InChI is InChI=1S/C11H15NO2S/c12-11-3-1-9(2-4-11)7-10-5-6-15(13,14)8-10/h1-4,10H,5-8,12H2. The molecule has 2 N–H and O–H groups in total. The minimum absolute atomic E-state index is 0.290. The molecule has 0 amide bonds. The fourth-order valence-corrected chi connectivity index (χ4v) is 3.88. The van der Waals surface area contributed by atoms with Crippen molar-refractivity contribution in [1.29, 1.82) is 0 Å². The molecule has 1 atom stereocenters. The van der Waals surface area contributed by atoms with Crippen molar-refractivity contribution >= 4 is 15.5 Å². The van der Waals surface area contributed by atoms with Crippen LogP contribution in [0.1, 0.15) is 12.0 Å². The van der Waals surface area contributed by atoms with E-state index in [1.165, 1.54) is 5.56 Å². The van der Waals surface area contributed by atoms with Crippen molar-refractivity contribution in [3.8, 4) is 0 Å². The van der Waals surface area contributed by atoms with Crippen LogP contribution in [-0.4, -0.2) is 19.9 Å². The van der Waals surface area contributed by atoms with E-state index in [0.29, 0.717) is 17.4 Å². The van der Waals surface area contributed by atoms with Gasteiger partial charge >= 0.3 is 0 Å². The maximum atomic E-state index is 11.3. The fraction of sp³-hybridized carbons (Fsp3) is 0.455. The van der Waals surface area contributed by atoms with Crippen molar-refractivity contribution < 1.29 is 8.42 Å². The van der Waals surface area contributed by atoms with Gasteiger partial charge in [0.25, 0.3) is 0 Å². The molecule has 0 aliphatic carbocycles. The number of anilines is 1. The molecule has 0 radical (unpaired) electrons. The molecule has 1 aromatic carbocycles. The quantitative estimate of drug-likeness (QED) is 0.770. The van der Waals surface area contributed by atoms with Gasteiger partial charge in [0.05, 0.1) is 11.5 Å². The van der Waals surface area contributed by atoms with E-state index in [9.17, 15) is 8.42 Å². The zero-order chi connectivity index (χ0) is 10.9. The first-order chi connectivity index (χ1) is 7.05. The Bertz CT molecular complexity index is 436. The van der Waals surface area contributed by atoms with Crippen LogP contribution in [0.4, 0.5) is 5.69 Å². The summed E-state index contributed by atoms with van der Waals surface area (Å²) in [5.41, 5.74) is 7.50. The summed E-state index contributed by atoms with van der Waals surface area (Å²) in [6, 6.07) is 7.66. The minimum atomic E-state index is -2.75. The van der Waals surface area contributed by atoms with Crippen LogP contribution in [0.25, 0.3) is 0 Å². The van der Waals surface area contributed by atoms with Crippen molar-refractivity contribution in [2.75, 3.05) is 17.2 Å². The largest absolute Gasteiger partial charge is 0.399 e. The van der Waals surface area contributed by atoms with Gasteiger partial charge in [0, 0.05) is 5.69 Å². The molecular weight excluding hydrogens is 210 g/mol. The van der Waals surface area contributed by atoms with Gasteiger partial charge in [0.15, 0.2) is 9.84 Å². The van der Waals surface area contributed by atoms with Crippen LogP contribution in [0.5, 0.6) is 0 Å². The second kappa shape index (κ2) is 3.85. The molecule has 82 valence electrons. The molecule has 2 rings (SSSR count). The highest BCUT2D eigenvalue weighted by Crippen LogP contribution is 2.22. The van der Waals surface area contributed by atoms with Crippen LogP contribution >= 0.6 is 0 Å². The van der Waals surface area contributed by atoms with Crippen LogP contribution in [0.2, 0.25) is 0 Å². The Labute approximate surface area is 90.2 Å². The first-order valence-corrected chi connectivity index (χ1v) is 6.92. The van der Waals surface area contributed by atoms with Gasteiger partial charge in [-0.15, -0.1) is 0 Å². The molecule has 0 saturated carbocycles. The lowest BCUT2D eigenvalue weighted by atomic mass is 9.99. The third-order valence-corrected chi connectivity index (χ3v) is 4.67. The van der Waals surface area contributed by atoms with E-state index in [0.717, 1.165) is 18.5 Å². The maximum absolute atomic E-state index is 11.3. The van der Waals surface area contributed by atoms with Gasteiger partial charge in [-0.1, -0.05) is 12.1 Å². The van der Waals surface area contributed by atoms with E-state index in [-0.39, 0.29) is 0 Å². The molecule has 0 bridgehead atoms. The second-order valence-electron chi connectivity index (χ2n) is 4.21. The zero-order valence-electron chi connectivity index (χ0n) is 8.52. The van der Waals surface area contributed by atoms with E-state index in [1.54, 1.807) is 0 Å². The monoisotopic (exact) mass is 225 g/mol. The van der Waals surface area contributed by atoms with Crippen LogP contribution < -0.4 is 5.73 Å². The van der Waals surface area contributed by atoms with Crippen LogP contribution in [-0.2, 0) is 16.3 Å². The molecule has 0 aromatic heterocycles. The normalized spacial score (nSPS) is 24.1. The van der Waals surface area contributed by atoms with E-state index < -0.39 is 9.84 Å². The number of benzene rings is 1. The van der Waals surface area contributed by atoms with Crippen molar-refractivity contribution in [2.45, 2.75) is 12.8 Å². The van der Waals surface area contributed by atoms with E-state index in [2.05, 4.69) is 0 Å². The lowest BCUT2D eigenvalue weighted by Crippen LogP contribution is -2.07. The Morgan fingerprint density at radius 1 is 1.27 bits per heavy atom. The van der Waals surface area contributed by atoms with Gasteiger partial charge in [0.2, 0.25) is 0 Å². The molecule has 1 saturated heterocycles. The average molecular weight is 225 g/mol. The number of nitrogen functional groups attached to an aromatic ring is 1. The van der Waals surface area contributed by atoms with Gasteiger partial charge in [-0.25, -0.2) is 8.42 Å². The zero-order valence-corrected chi connectivity index (χ0v) is 9.33. The summed E-state index contributed by atoms with van der Waals surface area (Å²) in [6.45, 7) is 0. The first kappa shape index (κ1) is 10.5. The topological polar surface area (TPSA) is 60.2 Å². The van der Waals surface area contributed by atoms with Gasteiger partial charge in [-0.05, 0) is 36.5 Å². The lowest BCUT2D eigenvalue weighted by molar-refractivity contribution is 0.583. The van der Waals surface area contributed by atoms with Crippen molar-refractivity contribution in [1.82, 2.24) is 0 Å². The molecule has 4 heteroatoms. The molecule has 0 spiro atoms. The van der Waals surface area contributed by atoms with E-state index in [1.807, 2.05) is 24.3 Å². The maximum Gasteiger partial charge on any atom is 0.150 e. The van der Waals surface area contributed by atoms with Gasteiger partial charge in [-0.2, -0.15) is 0 Å². The molecule has 1 aliphatic heterocycles. The summed E-state index contributed by atoms with van der Waals surface area (Å²) in [4.78, 5) is 0. The molecule has 15 heavy (non-hydrogen) atoms. The number of hydrogen-bond donors (Lipinski definition) is 1. The number of rotatable bonds is 2. The van der Waals surface area contributed by atoms with Gasteiger partial charge in [0.1, 0.15) is 0 Å². The summed E-state index contributed by atoms with van der Waals surface area (Å²) in [5.74, 6) is 0.989. The first-order valence-electron chi connectivity index (χ1n) is 5.10. The summed E-state index contributed by atoms with van der Waals surface area (Å²) in [7, 11) is -2.75. The van der Waals surface area contributed by atoms with Crippen molar-refractivity contribution in [3.05, 3.63) is 29.8 Å². The summed E-state index contributed by atoms with van der Waals surface area (Å²) < 4.78 is 22.5. The second-order valence-corrected chi connectivity index (χ2v) is 6.44. The van der Waals surface area contributed by atoms with E-state index >= 15 is 0 Å². The van der Waals surface area contributed by atoms with Crippen LogP contribution in [0.15, 0.2) is 24.3 Å². The molecule has 1 unspecified atom stereocenters. The Kier molecular flexibility index (Phi) is 2.69. The summed E-state index contributed by atoms with van der Waals surface area (Å²) in [6.07, 6.45) is 1.65. The van der Waals surface area contributed by atoms with Crippen LogP contribution in [0, 0.1) is 5.92 Å². The number of sulfone groups is 1. The third kappa shape index (κ3) is 2.72. The molecule has 3 nitrogen and oxygen atoms in total. The lowest BCUT2D eigenvalue weighted by Gasteiger charge is -2.07. The van der Waals surface area contributed by atoms with Crippen molar-refractivity contribution in [2.24, 2.45) is 5.92 Å². The van der Waals surface area contributed by atoms with Crippen molar-refractivity contribution in [3.63, 3.8) is 0 Å². The van der Waals surface area contributed by atoms with Gasteiger partial charge < -0.3 is 5.73 Å². The molecular formula is C11H15NO2S. The molecule has 1 heterocycles. The minimum Gasteiger partial charge on any atom is -0.399 e. The average Bonchev–Trinajstić information content (AvgIpc) is 2.50. The predicted octanol–water partition coefficient (Wildman–Crippen LogP) is 1.25. The highest BCUT2D eigenvalue weighted by atomic mass is 32.2. The Morgan fingerprint density at radius 3 is 2.47 bits per heavy atom. The SMILES string of the molecule is Nc1ccc(CC2CCS(=O)(=O)C2)cc1. The Hall–Kier alpha value is -1.03. The Morgan fingerprint density at radius 2 is 1.93 bits per heavy atom. The highest BCUT2D eigenvalue weighted by molar-refractivity contribution is 7.91. The molecule has 1 aliphatic rings. The highest BCUT2D eigenvalue weighted by Gasteiger charge is 2.27. The Balaban J connectivity index is 2.02. The predicted molar refractivity (Wildman–Crippen MR) is 61.3 cm³/mol. The smallest absolute Gasteiger partial charge is 0.150 e. The summed E-state index contributed by atoms with van der Waals surface area (Å²) in [5, 5.41) is 0. The van der Waals surface area contributed by atoms with E-state index in [4.69, 9.17) is 5.73 Å². The third-order valence-electron chi connectivity index (χ3n) is 2.83.